The largest absolute Gasteiger partial charge is 0.342 e. The molecule has 1 saturated heterocycles. The first kappa shape index (κ1) is 18.5. The van der Waals surface area contributed by atoms with Gasteiger partial charge in [0.1, 0.15) is 0 Å². The number of hydrogen-bond acceptors (Lipinski definition) is 5. The third-order valence-electron chi connectivity index (χ3n) is 6.21. The maximum absolute atomic E-state index is 12.8. The third kappa shape index (κ3) is 3.88. The number of tetrazole rings is 1. The van der Waals surface area contributed by atoms with Crippen molar-refractivity contribution in [1.29, 1.82) is 0 Å². The molecule has 144 valence electrons. The lowest BCUT2D eigenvalue weighted by molar-refractivity contribution is -0.131. The zero-order chi connectivity index (χ0) is 18.8. The Balaban J connectivity index is 1.40. The van der Waals surface area contributed by atoms with Gasteiger partial charge < -0.3 is 4.90 Å². The number of benzene rings is 1. The first-order valence-electron chi connectivity index (χ1n) is 9.89. The van der Waals surface area contributed by atoms with Crippen LogP contribution in [0.4, 0.5) is 0 Å². The Kier molecular flexibility index (Phi) is 5.48. The van der Waals surface area contributed by atoms with Gasteiger partial charge in [0, 0.05) is 13.1 Å². The van der Waals surface area contributed by atoms with Gasteiger partial charge in [-0.3, -0.25) is 4.79 Å². The smallest absolute Gasteiger partial charge is 0.233 e. The average molecular weight is 386 g/mol. The topological polar surface area (TPSA) is 63.9 Å². The third-order valence-corrected chi connectivity index (χ3v) is 7.12. The number of carbonyl (C=O) groups is 1. The lowest BCUT2D eigenvalue weighted by atomic mass is 9.75. The highest BCUT2D eigenvalue weighted by Gasteiger charge is 2.32. The number of thioether (sulfide) groups is 1. The van der Waals surface area contributed by atoms with Gasteiger partial charge in [-0.1, -0.05) is 43.2 Å². The molecule has 2 heterocycles. The normalized spacial score (nSPS) is 22.5. The zero-order valence-corrected chi connectivity index (χ0v) is 16.9. The van der Waals surface area contributed by atoms with Gasteiger partial charge in [0.05, 0.1) is 11.4 Å². The molecule has 2 fully saturated rings. The average Bonchev–Trinajstić information content (AvgIpc) is 3.16. The number of aryl methyl sites for hydroxylation is 1. The van der Waals surface area contributed by atoms with Crippen LogP contribution in [0.3, 0.4) is 0 Å². The highest BCUT2D eigenvalue weighted by molar-refractivity contribution is 7.99. The summed E-state index contributed by atoms with van der Waals surface area (Å²) >= 11 is 1.43. The molecule has 2 aromatic rings. The summed E-state index contributed by atoms with van der Waals surface area (Å²) < 4.78 is 1.74. The van der Waals surface area contributed by atoms with Gasteiger partial charge >= 0.3 is 0 Å². The van der Waals surface area contributed by atoms with Crippen molar-refractivity contribution in [2.45, 2.75) is 51.1 Å². The van der Waals surface area contributed by atoms with Gasteiger partial charge in [0.2, 0.25) is 11.1 Å². The molecule has 4 rings (SSSR count). The summed E-state index contributed by atoms with van der Waals surface area (Å²) in [6.45, 7) is 5.99. The highest BCUT2D eigenvalue weighted by Crippen LogP contribution is 2.36. The van der Waals surface area contributed by atoms with E-state index in [-0.39, 0.29) is 5.91 Å². The molecule has 0 bridgehead atoms. The first-order chi connectivity index (χ1) is 13.1. The number of hydrogen-bond donors (Lipinski definition) is 0. The van der Waals surface area contributed by atoms with Gasteiger partial charge in [-0.2, -0.15) is 4.68 Å². The van der Waals surface area contributed by atoms with Crippen LogP contribution in [0.5, 0.6) is 0 Å². The molecule has 1 amide bonds. The molecule has 2 aliphatic rings. The van der Waals surface area contributed by atoms with Crippen LogP contribution in [-0.2, 0) is 4.79 Å². The van der Waals surface area contributed by atoms with Gasteiger partial charge in [-0.05, 0) is 66.1 Å². The van der Waals surface area contributed by atoms with Crippen molar-refractivity contribution in [2.24, 2.45) is 11.8 Å². The summed E-state index contributed by atoms with van der Waals surface area (Å²) in [6, 6.07) is 6.10. The first-order valence-corrected chi connectivity index (χ1v) is 10.9. The van der Waals surface area contributed by atoms with E-state index in [0.29, 0.717) is 16.8 Å². The molecule has 0 spiro atoms. The Bertz CT molecular complexity index is 820. The van der Waals surface area contributed by atoms with Crippen molar-refractivity contribution >= 4 is 17.7 Å². The Morgan fingerprint density at radius 2 is 2.00 bits per heavy atom. The second-order valence-corrected chi connectivity index (χ2v) is 8.76. The van der Waals surface area contributed by atoms with Crippen LogP contribution in [0.15, 0.2) is 23.4 Å². The van der Waals surface area contributed by atoms with Crippen LogP contribution in [0.2, 0.25) is 0 Å². The van der Waals surface area contributed by atoms with Gasteiger partial charge in [-0.25, -0.2) is 0 Å². The minimum Gasteiger partial charge on any atom is -0.342 e. The predicted molar refractivity (Wildman–Crippen MR) is 106 cm³/mol. The number of carbonyl (C=O) groups excluding carboxylic acids is 1. The summed E-state index contributed by atoms with van der Waals surface area (Å²) in [7, 11) is 0. The van der Waals surface area contributed by atoms with Crippen molar-refractivity contribution in [3.63, 3.8) is 0 Å². The van der Waals surface area contributed by atoms with Crippen molar-refractivity contribution in [2.75, 3.05) is 18.8 Å². The number of likely N-dealkylation sites (tertiary alicyclic amines) is 1. The molecule has 1 saturated carbocycles. The SMILES string of the molecule is Cc1cccc(-n2nnnc2SCC(=O)N2CC[C@@H]3CCCC[C@H]3C2)c1C. The minimum absolute atomic E-state index is 0.208. The minimum atomic E-state index is 0.208. The Morgan fingerprint density at radius 3 is 2.85 bits per heavy atom. The predicted octanol–water partition coefficient (Wildman–Crippen LogP) is 3.41. The fourth-order valence-corrected chi connectivity index (χ4v) is 5.22. The van der Waals surface area contributed by atoms with E-state index in [1.165, 1.54) is 49.4 Å². The van der Waals surface area contributed by atoms with Crippen molar-refractivity contribution in [1.82, 2.24) is 25.1 Å². The number of rotatable bonds is 4. The van der Waals surface area contributed by atoms with Crippen LogP contribution < -0.4 is 0 Å². The molecular weight excluding hydrogens is 358 g/mol. The second-order valence-electron chi connectivity index (χ2n) is 7.81. The molecule has 1 aliphatic heterocycles. The van der Waals surface area contributed by atoms with E-state index >= 15 is 0 Å². The number of piperidine rings is 1. The fraction of sp³-hybridized carbons (Fsp3) is 0.600. The van der Waals surface area contributed by atoms with E-state index in [0.717, 1.165) is 30.3 Å². The van der Waals surface area contributed by atoms with E-state index in [2.05, 4.69) is 40.3 Å². The highest BCUT2D eigenvalue weighted by atomic mass is 32.2. The quantitative estimate of drug-likeness (QED) is 0.755. The van der Waals surface area contributed by atoms with E-state index in [4.69, 9.17) is 0 Å². The molecule has 27 heavy (non-hydrogen) atoms. The van der Waals surface area contributed by atoms with Crippen molar-refractivity contribution < 1.29 is 4.79 Å². The lowest BCUT2D eigenvalue weighted by Crippen LogP contribution is -2.45. The van der Waals surface area contributed by atoms with Crippen molar-refractivity contribution in [3.05, 3.63) is 29.3 Å². The van der Waals surface area contributed by atoms with Crippen LogP contribution in [0.1, 0.15) is 43.2 Å². The lowest BCUT2D eigenvalue weighted by Gasteiger charge is -2.41. The van der Waals surface area contributed by atoms with Gasteiger partial charge in [0.25, 0.3) is 0 Å². The Labute approximate surface area is 164 Å². The molecule has 1 aromatic heterocycles. The number of nitrogens with zero attached hydrogens (tertiary/aromatic N) is 5. The van der Waals surface area contributed by atoms with E-state index in [1.54, 1.807) is 4.68 Å². The van der Waals surface area contributed by atoms with Gasteiger partial charge in [-0.15, -0.1) is 5.10 Å². The summed E-state index contributed by atoms with van der Waals surface area (Å²) in [5.74, 6) is 2.15. The summed E-state index contributed by atoms with van der Waals surface area (Å²) in [5.41, 5.74) is 3.32. The molecule has 0 N–H and O–H groups in total. The molecule has 2 atom stereocenters. The van der Waals surface area contributed by atoms with E-state index in [1.807, 2.05) is 12.1 Å². The monoisotopic (exact) mass is 385 g/mol. The maximum Gasteiger partial charge on any atom is 0.233 e. The molecule has 6 nitrogen and oxygen atoms in total. The molecule has 0 unspecified atom stereocenters. The molecular formula is C20H27N5OS. The molecule has 7 heteroatoms. The molecule has 1 aromatic carbocycles. The standard InChI is InChI=1S/C20H27N5OS/c1-14-6-5-9-18(15(14)2)25-20(21-22-23-25)27-13-19(26)24-11-10-16-7-3-4-8-17(16)12-24/h5-6,9,16-17H,3-4,7-8,10-13H2,1-2H3/t16-,17-/m0/s1. The van der Waals surface area contributed by atoms with Crippen LogP contribution >= 0.6 is 11.8 Å². The van der Waals surface area contributed by atoms with Crippen molar-refractivity contribution in [3.8, 4) is 5.69 Å². The maximum atomic E-state index is 12.8. The zero-order valence-electron chi connectivity index (χ0n) is 16.1. The van der Waals surface area contributed by atoms with Crippen LogP contribution in [-0.4, -0.2) is 49.9 Å². The molecule has 0 radical (unpaired) electrons. The number of amides is 1. The Morgan fingerprint density at radius 1 is 1.19 bits per heavy atom. The summed E-state index contributed by atoms with van der Waals surface area (Å²) in [6.07, 6.45) is 6.49. The fourth-order valence-electron chi connectivity index (χ4n) is 4.43. The van der Waals surface area contributed by atoms with E-state index in [9.17, 15) is 4.79 Å². The summed E-state index contributed by atoms with van der Waals surface area (Å²) in [5, 5.41) is 12.8. The molecule has 1 aliphatic carbocycles. The van der Waals surface area contributed by atoms with Gasteiger partial charge in [0.15, 0.2) is 0 Å². The Hall–Kier alpha value is -1.89. The van der Waals surface area contributed by atoms with Crippen LogP contribution in [0.25, 0.3) is 5.69 Å². The summed E-state index contributed by atoms with van der Waals surface area (Å²) in [4.78, 5) is 14.8. The van der Waals surface area contributed by atoms with Crippen LogP contribution in [0, 0.1) is 25.7 Å². The number of fused-ring (bicyclic) bond motifs is 1. The van der Waals surface area contributed by atoms with E-state index < -0.39 is 0 Å². The second kappa shape index (κ2) is 8.00. The number of aromatic nitrogens is 4.